The topological polar surface area (TPSA) is 88.8 Å². The van der Waals surface area contributed by atoms with E-state index in [2.05, 4.69) is 38.6 Å². The number of aromatic amines is 2. The molecule has 7 nitrogen and oxygen atoms in total. The first-order valence-corrected chi connectivity index (χ1v) is 8.64. The lowest BCUT2D eigenvalue weighted by molar-refractivity contribution is 0.177. The second-order valence-corrected chi connectivity index (χ2v) is 7.15. The van der Waals surface area contributed by atoms with Crippen LogP contribution in [0.2, 0.25) is 0 Å². The number of pyridine rings is 1. The minimum Gasteiger partial charge on any atom is -0.311 e. The summed E-state index contributed by atoms with van der Waals surface area (Å²) in [5.41, 5.74) is 4.30. The van der Waals surface area contributed by atoms with Gasteiger partial charge in [-0.2, -0.15) is 0 Å². The van der Waals surface area contributed by atoms with E-state index in [1.165, 1.54) is 11.3 Å². The molecule has 126 valence electrons. The number of hydrogen-bond acceptors (Lipinski definition) is 5. The molecule has 2 saturated heterocycles. The maximum absolute atomic E-state index is 11.5. The molecule has 7 heteroatoms. The van der Waals surface area contributed by atoms with E-state index in [1.807, 2.05) is 12.3 Å². The first kappa shape index (κ1) is 14.4. The summed E-state index contributed by atoms with van der Waals surface area (Å²) in [7, 11) is 2.21. The third-order valence-electron chi connectivity index (χ3n) is 5.93. The molecule has 0 spiro atoms. The van der Waals surface area contributed by atoms with E-state index in [4.69, 9.17) is 4.98 Å². The average Bonchev–Trinajstić information content (AvgIpc) is 3.03. The Hall–Kier alpha value is -1.96. The number of nitrogens with zero attached hydrogens (tertiary/aromatic N) is 2. The normalized spacial score (nSPS) is 32.2. The molecule has 0 radical (unpaired) electrons. The average molecular weight is 326 g/mol. The Morgan fingerprint density at radius 2 is 2.12 bits per heavy atom. The molecule has 2 aromatic rings. The van der Waals surface area contributed by atoms with Crippen LogP contribution in [0.1, 0.15) is 41.1 Å². The fourth-order valence-corrected chi connectivity index (χ4v) is 4.51. The number of fused-ring (bicyclic) bond motifs is 2. The number of aromatic nitrogens is 3. The van der Waals surface area contributed by atoms with E-state index in [0.29, 0.717) is 24.7 Å². The molecule has 2 fully saturated rings. The minimum atomic E-state index is -0.118. The third kappa shape index (κ3) is 2.08. The van der Waals surface area contributed by atoms with Crippen molar-refractivity contribution in [3.8, 4) is 0 Å². The van der Waals surface area contributed by atoms with Gasteiger partial charge in [0.15, 0.2) is 0 Å². The summed E-state index contributed by atoms with van der Waals surface area (Å²) in [6.45, 7) is 1.76. The van der Waals surface area contributed by atoms with Crippen LogP contribution in [0.15, 0.2) is 23.1 Å². The van der Waals surface area contributed by atoms with Gasteiger partial charge in [0.1, 0.15) is 0 Å². The van der Waals surface area contributed by atoms with Gasteiger partial charge in [0.25, 0.3) is 0 Å². The molecule has 0 aromatic carbocycles. The van der Waals surface area contributed by atoms with E-state index in [1.54, 1.807) is 0 Å². The second kappa shape index (κ2) is 5.27. The monoisotopic (exact) mass is 326 g/mol. The van der Waals surface area contributed by atoms with Crippen molar-refractivity contribution >= 4 is 0 Å². The van der Waals surface area contributed by atoms with Gasteiger partial charge < -0.3 is 20.6 Å². The molecule has 2 aromatic heterocycles. The highest BCUT2D eigenvalue weighted by Crippen LogP contribution is 2.40. The number of likely N-dealkylation sites (tertiary alicyclic amines) is 1. The van der Waals surface area contributed by atoms with Crippen LogP contribution in [0.3, 0.4) is 0 Å². The highest BCUT2D eigenvalue weighted by molar-refractivity contribution is 5.32. The van der Waals surface area contributed by atoms with Crippen LogP contribution in [0.5, 0.6) is 0 Å². The van der Waals surface area contributed by atoms with E-state index in [-0.39, 0.29) is 11.7 Å². The van der Waals surface area contributed by atoms with Crippen molar-refractivity contribution in [2.75, 3.05) is 13.6 Å². The van der Waals surface area contributed by atoms with Crippen molar-refractivity contribution in [2.24, 2.45) is 0 Å². The van der Waals surface area contributed by atoms with Crippen LogP contribution in [-0.4, -0.2) is 45.5 Å². The van der Waals surface area contributed by atoms with Crippen molar-refractivity contribution in [1.29, 1.82) is 0 Å². The van der Waals surface area contributed by atoms with Crippen LogP contribution >= 0.6 is 0 Å². The fourth-order valence-electron chi connectivity index (χ4n) is 4.51. The molecule has 3 aliphatic heterocycles. The van der Waals surface area contributed by atoms with E-state index in [0.717, 1.165) is 30.8 Å². The third-order valence-corrected chi connectivity index (χ3v) is 5.93. The molecule has 0 bridgehead atoms. The maximum atomic E-state index is 11.5. The van der Waals surface area contributed by atoms with Crippen LogP contribution in [0, 0.1) is 0 Å². The van der Waals surface area contributed by atoms with E-state index in [9.17, 15) is 4.79 Å². The molecule has 5 heterocycles. The molecule has 3 aliphatic rings. The Labute approximate surface area is 139 Å². The van der Waals surface area contributed by atoms with Gasteiger partial charge in [0.05, 0.1) is 17.4 Å². The number of nitrogens with one attached hydrogen (secondary N) is 4. The molecule has 2 unspecified atom stereocenters. The van der Waals surface area contributed by atoms with E-state index < -0.39 is 0 Å². The van der Waals surface area contributed by atoms with Crippen LogP contribution in [0.25, 0.3) is 0 Å². The molecule has 24 heavy (non-hydrogen) atoms. The first-order chi connectivity index (χ1) is 11.7. The highest BCUT2D eigenvalue weighted by Gasteiger charge is 2.46. The summed E-state index contributed by atoms with van der Waals surface area (Å²) in [6, 6.07) is 5.97. The molecule has 0 saturated carbocycles. The molecule has 4 N–H and O–H groups in total. The molecule has 0 amide bonds. The lowest BCUT2D eigenvalue weighted by Crippen LogP contribution is -2.58. The predicted octanol–water partition coefficient (Wildman–Crippen LogP) is 0.202. The Bertz CT molecular complexity index is 826. The van der Waals surface area contributed by atoms with Gasteiger partial charge >= 0.3 is 5.69 Å². The number of rotatable bonds is 2. The summed E-state index contributed by atoms with van der Waals surface area (Å²) < 4.78 is 0. The standard InChI is InChI=1S/C17H22N6O/c1-23-14(6-12-15(23)8-20-12)16-9(3-2-4-18-16)10-5-11-13(7-19-10)22-17(24)21-11/h2-4,10,12,14-15,19-20H,5-8H2,1H3,(H2,21,22,24)/t10?,12-,14?,15-/m0/s1. The molecular formula is C17H22N6O. The van der Waals surface area contributed by atoms with Crippen molar-refractivity contribution in [3.05, 3.63) is 51.5 Å². The van der Waals surface area contributed by atoms with Gasteiger partial charge in [-0.3, -0.25) is 9.88 Å². The van der Waals surface area contributed by atoms with Crippen LogP contribution in [-0.2, 0) is 13.0 Å². The van der Waals surface area contributed by atoms with Gasteiger partial charge in [0.2, 0.25) is 0 Å². The van der Waals surface area contributed by atoms with Gasteiger partial charge in [-0.15, -0.1) is 0 Å². The van der Waals surface area contributed by atoms with Crippen molar-refractivity contribution in [1.82, 2.24) is 30.5 Å². The molecule has 0 aliphatic carbocycles. The van der Waals surface area contributed by atoms with Gasteiger partial charge in [-0.1, -0.05) is 6.07 Å². The maximum Gasteiger partial charge on any atom is 0.323 e. The van der Waals surface area contributed by atoms with Crippen LogP contribution < -0.4 is 16.3 Å². The van der Waals surface area contributed by atoms with Gasteiger partial charge in [0, 0.05) is 49.5 Å². The summed E-state index contributed by atoms with van der Waals surface area (Å²) in [6.07, 6.45) is 3.80. The summed E-state index contributed by atoms with van der Waals surface area (Å²) in [5.74, 6) is 0. The second-order valence-electron chi connectivity index (χ2n) is 7.15. The Morgan fingerprint density at radius 3 is 2.88 bits per heavy atom. The Balaban J connectivity index is 1.48. The predicted molar refractivity (Wildman–Crippen MR) is 89.6 cm³/mol. The van der Waals surface area contributed by atoms with Gasteiger partial charge in [-0.25, -0.2) is 4.79 Å². The largest absolute Gasteiger partial charge is 0.323 e. The van der Waals surface area contributed by atoms with Crippen molar-refractivity contribution in [3.63, 3.8) is 0 Å². The smallest absolute Gasteiger partial charge is 0.311 e. The SMILES string of the molecule is CN1C(c2ncccc2C2Cc3[nH]c(=O)[nH]c3CN2)C[C@@H]2NC[C@@H]21. The highest BCUT2D eigenvalue weighted by atomic mass is 16.1. The zero-order chi connectivity index (χ0) is 16.3. The summed E-state index contributed by atoms with van der Waals surface area (Å²) in [5, 5.41) is 7.08. The lowest BCUT2D eigenvalue weighted by Gasteiger charge is -2.36. The van der Waals surface area contributed by atoms with Crippen molar-refractivity contribution in [2.45, 2.75) is 43.6 Å². The summed E-state index contributed by atoms with van der Waals surface area (Å²) >= 11 is 0. The number of hydrogen-bond donors (Lipinski definition) is 4. The Morgan fingerprint density at radius 1 is 1.25 bits per heavy atom. The van der Waals surface area contributed by atoms with E-state index >= 15 is 0 Å². The number of imidazole rings is 1. The quantitative estimate of drug-likeness (QED) is 0.633. The zero-order valence-electron chi connectivity index (χ0n) is 13.7. The fraction of sp³-hybridized carbons (Fsp3) is 0.529. The zero-order valence-corrected chi connectivity index (χ0v) is 13.7. The molecule has 5 rings (SSSR count). The molecule has 4 atom stereocenters. The Kier molecular flexibility index (Phi) is 3.16. The van der Waals surface area contributed by atoms with Crippen molar-refractivity contribution < 1.29 is 0 Å². The van der Waals surface area contributed by atoms with Gasteiger partial charge in [-0.05, 0) is 25.1 Å². The summed E-state index contributed by atoms with van der Waals surface area (Å²) in [4.78, 5) is 24.5. The molecular weight excluding hydrogens is 304 g/mol. The number of likely N-dealkylation sites (N-methyl/N-ethyl adjacent to an activating group) is 1. The first-order valence-electron chi connectivity index (χ1n) is 8.64. The lowest BCUT2D eigenvalue weighted by atomic mass is 9.92. The minimum absolute atomic E-state index is 0.118. The number of H-pyrrole nitrogens is 2. The van der Waals surface area contributed by atoms with Crippen LogP contribution in [0.4, 0.5) is 0 Å².